The van der Waals surface area contributed by atoms with Crippen molar-refractivity contribution < 1.29 is 9.18 Å². The summed E-state index contributed by atoms with van der Waals surface area (Å²) < 4.78 is 13.0. The maximum atomic E-state index is 13.0. The van der Waals surface area contributed by atoms with E-state index < -0.39 is 5.92 Å². The summed E-state index contributed by atoms with van der Waals surface area (Å²) in [6.07, 6.45) is 4.22. The Morgan fingerprint density at radius 3 is 2.53 bits per heavy atom. The van der Waals surface area contributed by atoms with Crippen molar-refractivity contribution in [1.29, 1.82) is 0 Å². The first-order valence-electron chi connectivity index (χ1n) is 10.6. The molecule has 3 N–H and O–H groups in total. The van der Waals surface area contributed by atoms with Crippen LogP contribution >= 0.6 is 0 Å². The normalized spacial score (nSPS) is 14.8. The third-order valence-electron chi connectivity index (χ3n) is 5.35. The van der Waals surface area contributed by atoms with Gasteiger partial charge in [0.1, 0.15) is 5.82 Å². The SMILES string of the molecule is CC(C=Nc1ccc(N(CC2CC2)C(C)C)cc1N)C(=O)NCc1ccc(F)cc1. The zero-order chi connectivity index (χ0) is 21.7. The van der Waals surface area contributed by atoms with Crippen molar-refractivity contribution in [2.75, 3.05) is 17.2 Å². The van der Waals surface area contributed by atoms with Crippen molar-refractivity contribution in [1.82, 2.24) is 5.32 Å². The highest BCUT2D eigenvalue weighted by Crippen LogP contribution is 2.34. The van der Waals surface area contributed by atoms with Gasteiger partial charge in [-0.1, -0.05) is 12.1 Å². The van der Waals surface area contributed by atoms with E-state index in [1.54, 1.807) is 25.3 Å². The quantitative estimate of drug-likeness (QED) is 0.465. The first kappa shape index (κ1) is 21.8. The Morgan fingerprint density at radius 2 is 1.93 bits per heavy atom. The van der Waals surface area contributed by atoms with Crippen LogP contribution in [0, 0.1) is 17.7 Å². The third-order valence-corrected chi connectivity index (χ3v) is 5.35. The van der Waals surface area contributed by atoms with Crippen LogP contribution in [-0.4, -0.2) is 24.7 Å². The molecule has 30 heavy (non-hydrogen) atoms. The zero-order valence-corrected chi connectivity index (χ0v) is 17.9. The zero-order valence-electron chi connectivity index (χ0n) is 17.9. The molecule has 1 saturated carbocycles. The number of hydrogen-bond donors (Lipinski definition) is 2. The van der Waals surface area contributed by atoms with Gasteiger partial charge < -0.3 is 16.0 Å². The molecule has 1 amide bonds. The van der Waals surface area contributed by atoms with Gasteiger partial charge in [-0.2, -0.15) is 0 Å². The van der Waals surface area contributed by atoms with Gasteiger partial charge in [0, 0.05) is 31.0 Å². The van der Waals surface area contributed by atoms with Crippen LogP contribution in [0.5, 0.6) is 0 Å². The van der Waals surface area contributed by atoms with Gasteiger partial charge in [-0.3, -0.25) is 9.79 Å². The Labute approximate surface area is 178 Å². The van der Waals surface area contributed by atoms with Gasteiger partial charge >= 0.3 is 0 Å². The number of hydrogen-bond acceptors (Lipinski definition) is 4. The molecule has 5 nitrogen and oxygen atoms in total. The number of halogens is 1. The minimum Gasteiger partial charge on any atom is -0.397 e. The highest BCUT2D eigenvalue weighted by Gasteiger charge is 2.25. The summed E-state index contributed by atoms with van der Waals surface area (Å²) in [7, 11) is 0. The van der Waals surface area contributed by atoms with E-state index in [1.165, 1.54) is 25.0 Å². The van der Waals surface area contributed by atoms with Crippen LogP contribution in [0.15, 0.2) is 47.5 Å². The summed E-state index contributed by atoms with van der Waals surface area (Å²) in [6.45, 7) is 7.57. The molecule has 3 rings (SSSR count). The molecule has 2 aromatic rings. The number of nitrogens with two attached hydrogens (primary N) is 1. The van der Waals surface area contributed by atoms with Crippen LogP contribution in [-0.2, 0) is 11.3 Å². The van der Waals surface area contributed by atoms with E-state index >= 15 is 0 Å². The Hall–Kier alpha value is -2.89. The molecular formula is C24H31FN4O. The number of benzene rings is 2. The van der Waals surface area contributed by atoms with Gasteiger partial charge in [0.2, 0.25) is 5.91 Å². The summed E-state index contributed by atoms with van der Waals surface area (Å²) in [6, 6.07) is 12.4. The molecule has 0 spiro atoms. The monoisotopic (exact) mass is 410 g/mol. The summed E-state index contributed by atoms with van der Waals surface area (Å²) in [5.74, 6) is -0.0564. The average Bonchev–Trinajstić information content (AvgIpc) is 3.54. The van der Waals surface area contributed by atoms with Crippen LogP contribution in [0.3, 0.4) is 0 Å². The van der Waals surface area contributed by atoms with E-state index in [0.717, 1.165) is 23.7 Å². The van der Waals surface area contributed by atoms with E-state index in [4.69, 9.17) is 5.73 Å². The lowest BCUT2D eigenvalue weighted by molar-refractivity contribution is -0.122. The van der Waals surface area contributed by atoms with Crippen molar-refractivity contribution >= 4 is 29.2 Å². The molecule has 0 heterocycles. The lowest BCUT2D eigenvalue weighted by Crippen LogP contribution is -2.32. The first-order valence-corrected chi connectivity index (χ1v) is 10.6. The Bertz CT molecular complexity index is 891. The second-order valence-corrected chi connectivity index (χ2v) is 8.34. The van der Waals surface area contributed by atoms with E-state index in [2.05, 4.69) is 29.1 Å². The molecular weight excluding hydrogens is 379 g/mol. The number of carbonyl (C=O) groups is 1. The van der Waals surface area contributed by atoms with Gasteiger partial charge in [0.25, 0.3) is 0 Å². The third kappa shape index (κ3) is 6.05. The van der Waals surface area contributed by atoms with Crippen molar-refractivity contribution in [3.63, 3.8) is 0 Å². The van der Waals surface area contributed by atoms with E-state index in [1.807, 2.05) is 18.2 Å². The van der Waals surface area contributed by atoms with Gasteiger partial charge in [-0.25, -0.2) is 4.39 Å². The summed E-state index contributed by atoms with van der Waals surface area (Å²) in [5, 5.41) is 2.84. The summed E-state index contributed by atoms with van der Waals surface area (Å²) in [5.41, 5.74) is 9.46. The molecule has 0 saturated heterocycles. The second kappa shape index (κ2) is 9.74. The Kier molecular flexibility index (Phi) is 7.08. The number of aliphatic imine (C=N–C) groups is 1. The number of rotatable bonds is 9. The lowest BCUT2D eigenvalue weighted by atomic mass is 10.1. The number of anilines is 2. The molecule has 2 aromatic carbocycles. The van der Waals surface area contributed by atoms with Crippen LogP contribution in [0.4, 0.5) is 21.5 Å². The minimum absolute atomic E-state index is 0.145. The molecule has 0 radical (unpaired) electrons. The minimum atomic E-state index is -0.411. The molecule has 160 valence electrons. The standard InChI is InChI=1S/C24H31FN4O/c1-16(2)29(15-19-4-5-19)21-10-11-23(22(26)12-21)27-13-17(3)24(30)28-14-18-6-8-20(25)9-7-18/h6-13,16-17,19H,4-5,14-15,26H2,1-3H3,(H,28,30). The first-order chi connectivity index (χ1) is 14.3. The van der Waals surface area contributed by atoms with Gasteiger partial charge in [-0.15, -0.1) is 0 Å². The van der Waals surface area contributed by atoms with Crippen LogP contribution < -0.4 is 16.0 Å². The van der Waals surface area contributed by atoms with Crippen molar-refractivity contribution in [3.8, 4) is 0 Å². The van der Waals surface area contributed by atoms with Crippen LogP contribution in [0.2, 0.25) is 0 Å². The maximum Gasteiger partial charge on any atom is 0.228 e. The van der Waals surface area contributed by atoms with Gasteiger partial charge in [0.15, 0.2) is 0 Å². The van der Waals surface area contributed by atoms with Crippen molar-refractivity contribution in [2.45, 2.75) is 46.2 Å². The molecule has 1 aliphatic rings. The van der Waals surface area contributed by atoms with E-state index in [-0.39, 0.29) is 11.7 Å². The van der Waals surface area contributed by atoms with E-state index in [0.29, 0.717) is 24.0 Å². The maximum absolute atomic E-state index is 13.0. The topological polar surface area (TPSA) is 70.7 Å². The molecule has 1 aliphatic carbocycles. The predicted molar refractivity (Wildman–Crippen MR) is 122 cm³/mol. The molecule has 0 aliphatic heterocycles. The fraction of sp³-hybridized carbons (Fsp3) is 0.417. The number of nitrogens with one attached hydrogen (secondary N) is 1. The number of nitrogens with zero attached hydrogens (tertiary/aromatic N) is 2. The highest BCUT2D eigenvalue weighted by atomic mass is 19.1. The van der Waals surface area contributed by atoms with Crippen molar-refractivity contribution in [3.05, 3.63) is 53.8 Å². The molecule has 1 fully saturated rings. The van der Waals surface area contributed by atoms with Crippen LogP contribution in [0.25, 0.3) is 0 Å². The molecule has 0 aromatic heterocycles. The molecule has 1 unspecified atom stereocenters. The number of carbonyl (C=O) groups excluding carboxylic acids is 1. The Morgan fingerprint density at radius 1 is 1.23 bits per heavy atom. The highest BCUT2D eigenvalue weighted by molar-refractivity contribution is 5.94. The largest absolute Gasteiger partial charge is 0.397 e. The van der Waals surface area contributed by atoms with Gasteiger partial charge in [-0.05, 0) is 75.4 Å². The number of nitrogen functional groups attached to an aromatic ring is 1. The molecule has 1 atom stereocenters. The fourth-order valence-corrected chi connectivity index (χ4v) is 3.24. The Balaban J connectivity index is 1.58. The summed E-state index contributed by atoms with van der Waals surface area (Å²) in [4.78, 5) is 19.1. The molecule has 6 heteroatoms. The molecule has 0 bridgehead atoms. The van der Waals surface area contributed by atoms with Crippen LogP contribution in [0.1, 0.15) is 39.2 Å². The van der Waals surface area contributed by atoms with Gasteiger partial charge in [0.05, 0.1) is 17.3 Å². The van der Waals surface area contributed by atoms with E-state index in [9.17, 15) is 9.18 Å². The second-order valence-electron chi connectivity index (χ2n) is 8.34. The lowest BCUT2D eigenvalue weighted by Gasteiger charge is -2.29. The predicted octanol–water partition coefficient (Wildman–Crippen LogP) is 4.69. The average molecular weight is 411 g/mol. The number of amides is 1. The fourth-order valence-electron chi connectivity index (χ4n) is 3.24. The summed E-state index contributed by atoms with van der Waals surface area (Å²) >= 11 is 0. The smallest absolute Gasteiger partial charge is 0.228 e. The van der Waals surface area contributed by atoms with Crippen molar-refractivity contribution in [2.24, 2.45) is 16.8 Å².